The standard InChI is InChI=1S/C30H33BrN2O.ClH/c31-27-13-11-24(12-14-27)23-33-22-18-30(29(33)34)16-20-32(21-17-30)19-15-28(25-7-3-1-4-8-25)26-9-5-2-6-10-26;/h1-14,28H,15-23H2;1H. The van der Waals surface area contributed by atoms with E-state index in [-0.39, 0.29) is 17.8 Å². The number of hydrogen-bond donors (Lipinski definition) is 0. The molecule has 0 saturated carbocycles. The first-order valence-electron chi connectivity index (χ1n) is 12.5. The fourth-order valence-electron chi connectivity index (χ4n) is 5.73. The Morgan fingerprint density at radius 3 is 1.89 bits per heavy atom. The van der Waals surface area contributed by atoms with Gasteiger partial charge in [-0.05, 0) is 74.1 Å². The Balaban J connectivity index is 0.00000289. The maximum Gasteiger partial charge on any atom is 0.229 e. The Hall–Kier alpha value is -2.14. The molecular weight excluding hydrogens is 520 g/mol. The van der Waals surface area contributed by atoms with Crippen molar-refractivity contribution in [1.82, 2.24) is 9.80 Å². The van der Waals surface area contributed by atoms with Crippen LogP contribution in [0.4, 0.5) is 0 Å². The van der Waals surface area contributed by atoms with E-state index in [1.165, 1.54) is 16.7 Å². The molecule has 2 aliphatic rings. The minimum Gasteiger partial charge on any atom is -0.338 e. The van der Waals surface area contributed by atoms with Crippen LogP contribution in [-0.4, -0.2) is 41.9 Å². The van der Waals surface area contributed by atoms with E-state index in [4.69, 9.17) is 0 Å². The molecule has 0 radical (unpaired) electrons. The van der Waals surface area contributed by atoms with Crippen molar-refractivity contribution in [2.75, 3.05) is 26.2 Å². The Morgan fingerprint density at radius 2 is 1.31 bits per heavy atom. The van der Waals surface area contributed by atoms with Crippen molar-refractivity contribution in [2.45, 2.75) is 38.1 Å². The van der Waals surface area contributed by atoms with Crippen molar-refractivity contribution >= 4 is 34.2 Å². The molecule has 5 heteroatoms. The lowest BCUT2D eigenvalue weighted by Crippen LogP contribution is -2.45. The van der Waals surface area contributed by atoms with Gasteiger partial charge in [0.25, 0.3) is 0 Å². The molecule has 2 aliphatic heterocycles. The summed E-state index contributed by atoms with van der Waals surface area (Å²) in [5.41, 5.74) is 3.84. The van der Waals surface area contributed by atoms with E-state index in [2.05, 4.69) is 111 Å². The molecule has 2 heterocycles. The molecule has 5 rings (SSSR count). The third kappa shape index (κ3) is 5.99. The predicted molar refractivity (Wildman–Crippen MR) is 149 cm³/mol. The summed E-state index contributed by atoms with van der Waals surface area (Å²) in [6.45, 7) is 4.73. The SMILES string of the molecule is Cl.O=C1N(Cc2ccc(Br)cc2)CCC12CCN(CCC(c1ccccc1)c1ccccc1)CC2. The molecule has 2 saturated heterocycles. The molecule has 3 nitrogen and oxygen atoms in total. The summed E-state index contributed by atoms with van der Waals surface area (Å²) >= 11 is 3.50. The Labute approximate surface area is 224 Å². The van der Waals surface area contributed by atoms with Gasteiger partial charge in [0.1, 0.15) is 0 Å². The maximum absolute atomic E-state index is 13.4. The van der Waals surface area contributed by atoms with E-state index in [1.54, 1.807) is 0 Å². The number of rotatable bonds is 7. The largest absolute Gasteiger partial charge is 0.338 e. The highest BCUT2D eigenvalue weighted by Gasteiger charge is 2.47. The van der Waals surface area contributed by atoms with Crippen LogP contribution >= 0.6 is 28.3 Å². The van der Waals surface area contributed by atoms with Crippen LogP contribution in [0.15, 0.2) is 89.4 Å². The summed E-state index contributed by atoms with van der Waals surface area (Å²) in [5.74, 6) is 0.786. The summed E-state index contributed by atoms with van der Waals surface area (Å²) in [6.07, 6.45) is 4.09. The molecule has 3 aromatic carbocycles. The lowest BCUT2D eigenvalue weighted by Gasteiger charge is -2.38. The predicted octanol–water partition coefficient (Wildman–Crippen LogP) is 6.91. The van der Waals surface area contributed by atoms with E-state index in [9.17, 15) is 4.79 Å². The first-order valence-corrected chi connectivity index (χ1v) is 13.3. The van der Waals surface area contributed by atoms with E-state index in [0.717, 1.165) is 62.9 Å². The minimum atomic E-state index is -0.135. The van der Waals surface area contributed by atoms with Gasteiger partial charge >= 0.3 is 0 Å². The molecule has 0 N–H and O–H groups in total. The number of halogens is 2. The quantitative estimate of drug-likeness (QED) is 0.317. The summed E-state index contributed by atoms with van der Waals surface area (Å²) in [6, 6.07) is 30.1. The summed E-state index contributed by atoms with van der Waals surface area (Å²) < 4.78 is 1.08. The van der Waals surface area contributed by atoms with Crippen molar-refractivity contribution in [3.8, 4) is 0 Å². The molecule has 0 atom stereocenters. The lowest BCUT2D eigenvalue weighted by atomic mass is 9.77. The molecular formula is C30H34BrClN2O. The van der Waals surface area contributed by atoms with Crippen LogP contribution < -0.4 is 0 Å². The fourth-order valence-corrected chi connectivity index (χ4v) is 5.99. The van der Waals surface area contributed by atoms with Crippen LogP contribution in [0.25, 0.3) is 0 Å². The monoisotopic (exact) mass is 552 g/mol. The summed E-state index contributed by atoms with van der Waals surface area (Å²) in [4.78, 5) is 18.1. The molecule has 3 aromatic rings. The zero-order valence-electron chi connectivity index (χ0n) is 20.1. The van der Waals surface area contributed by atoms with Crippen molar-refractivity contribution in [3.63, 3.8) is 0 Å². The molecule has 0 unspecified atom stereocenters. The third-order valence-electron chi connectivity index (χ3n) is 7.84. The van der Waals surface area contributed by atoms with Crippen LogP contribution in [0, 0.1) is 5.41 Å². The number of piperidine rings is 1. The number of amides is 1. The molecule has 184 valence electrons. The van der Waals surface area contributed by atoms with E-state index in [0.29, 0.717) is 11.8 Å². The molecule has 35 heavy (non-hydrogen) atoms. The topological polar surface area (TPSA) is 23.6 Å². The van der Waals surface area contributed by atoms with Crippen LogP contribution in [0.3, 0.4) is 0 Å². The van der Waals surface area contributed by atoms with Crippen LogP contribution in [0.1, 0.15) is 48.3 Å². The third-order valence-corrected chi connectivity index (χ3v) is 8.37. The van der Waals surface area contributed by atoms with Gasteiger partial charge in [-0.25, -0.2) is 0 Å². The van der Waals surface area contributed by atoms with Gasteiger partial charge in [-0.3, -0.25) is 4.79 Å². The van der Waals surface area contributed by atoms with Gasteiger partial charge in [0.05, 0.1) is 5.41 Å². The normalized spacial score (nSPS) is 17.7. The average molecular weight is 554 g/mol. The molecule has 0 aromatic heterocycles. The summed E-state index contributed by atoms with van der Waals surface area (Å²) in [7, 11) is 0. The van der Waals surface area contributed by atoms with Gasteiger partial charge < -0.3 is 9.80 Å². The van der Waals surface area contributed by atoms with Gasteiger partial charge in [-0.2, -0.15) is 0 Å². The van der Waals surface area contributed by atoms with Crippen molar-refractivity contribution in [3.05, 3.63) is 106 Å². The number of likely N-dealkylation sites (tertiary alicyclic amines) is 2. The fraction of sp³-hybridized carbons (Fsp3) is 0.367. The minimum absolute atomic E-state index is 0. The molecule has 2 fully saturated rings. The van der Waals surface area contributed by atoms with Crippen molar-refractivity contribution in [1.29, 1.82) is 0 Å². The molecule has 0 aliphatic carbocycles. The van der Waals surface area contributed by atoms with E-state index < -0.39 is 0 Å². The van der Waals surface area contributed by atoms with Gasteiger partial charge in [0.15, 0.2) is 0 Å². The number of carbonyl (C=O) groups excluding carboxylic acids is 1. The van der Waals surface area contributed by atoms with Gasteiger partial charge in [-0.1, -0.05) is 88.7 Å². The Kier molecular flexibility index (Phi) is 8.69. The Bertz CT molecular complexity index is 1040. The maximum atomic E-state index is 13.4. The number of carbonyl (C=O) groups is 1. The Morgan fingerprint density at radius 1 is 0.771 bits per heavy atom. The van der Waals surface area contributed by atoms with Crippen molar-refractivity contribution in [2.24, 2.45) is 5.41 Å². The van der Waals surface area contributed by atoms with E-state index in [1.807, 2.05) is 0 Å². The first-order chi connectivity index (χ1) is 16.6. The second-order valence-corrected chi connectivity index (χ2v) is 10.8. The van der Waals surface area contributed by atoms with Gasteiger partial charge in [0.2, 0.25) is 5.91 Å². The van der Waals surface area contributed by atoms with Crippen LogP contribution in [0.2, 0.25) is 0 Å². The average Bonchev–Trinajstić information content (AvgIpc) is 3.18. The van der Waals surface area contributed by atoms with Crippen molar-refractivity contribution < 1.29 is 4.79 Å². The molecule has 1 amide bonds. The van der Waals surface area contributed by atoms with Crippen LogP contribution in [-0.2, 0) is 11.3 Å². The smallest absolute Gasteiger partial charge is 0.229 e. The zero-order valence-corrected chi connectivity index (χ0v) is 22.5. The van der Waals surface area contributed by atoms with Gasteiger partial charge in [-0.15, -0.1) is 12.4 Å². The second-order valence-electron chi connectivity index (χ2n) is 9.89. The highest BCUT2D eigenvalue weighted by Crippen LogP contribution is 2.42. The molecule has 0 bridgehead atoms. The highest BCUT2D eigenvalue weighted by molar-refractivity contribution is 9.10. The first kappa shape index (κ1) is 25.9. The molecule has 1 spiro atoms. The summed E-state index contributed by atoms with van der Waals surface area (Å²) in [5, 5.41) is 0. The zero-order chi connectivity index (χ0) is 23.4. The van der Waals surface area contributed by atoms with Crippen LogP contribution in [0.5, 0.6) is 0 Å². The highest BCUT2D eigenvalue weighted by atomic mass is 79.9. The van der Waals surface area contributed by atoms with Gasteiger partial charge in [0, 0.05) is 23.5 Å². The lowest BCUT2D eigenvalue weighted by molar-refractivity contribution is -0.138. The number of nitrogens with zero attached hydrogens (tertiary/aromatic N) is 2. The second kappa shape index (κ2) is 11.7. The number of hydrogen-bond acceptors (Lipinski definition) is 2. The number of benzene rings is 3. The van der Waals surface area contributed by atoms with E-state index >= 15 is 0 Å².